The van der Waals surface area contributed by atoms with Crippen molar-refractivity contribution < 1.29 is 0 Å². The normalized spacial score (nSPS) is 29.4. The third-order valence-corrected chi connectivity index (χ3v) is 3.06. The standard InChI is InChI=1S/C11H20N2/c1-2-3-7-12-10-6-8-13(9-10)11-4-5-11/h2,10-12H,1,3-9H2. The van der Waals surface area contributed by atoms with Crippen LogP contribution in [0.1, 0.15) is 25.7 Å². The van der Waals surface area contributed by atoms with Gasteiger partial charge in [0.1, 0.15) is 0 Å². The van der Waals surface area contributed by atoms with Crippen LogP contribution in [0.15, 0.2) is 12.7 Å². The van der Waals surface area contributed by atoms with Crippen LogP contribution in [-0.2, 0) is 0 Å². The summed E-state index contributed by atoms with van der Waals surface area (Å²) in [6.45, 7) is 7.43. The fourth-order valence-corrected chi connectivity index (χ4v) is 2.11. The van der Waals surface area contributed by atoms with Crippen molar-refractivity contribution in [2.45, 2.75) is 37.8 Å². The van der Waals surface area contributed by atoms with Crippen LogP contribution in [0.5, 0.6) is 0 Å². The van der Waals surface area contributed by atoms with Crippen molar-refractivity contribution in [3.63, 3.8) is 0 Å². The van der Waals surface area contributed by atoms with Gasteiger partial charge >= 0.3 is 0 Å². The van der Waals surface area contributed by atoms with Crippen LogP contribution < -0.4 is 5.32 Å². The molecule has 2 fully saturated rings. The average Bonchev–Trinajstić information content (AvgIpc) is 2.88. The molecule has 1 heterocycles. The molecule has 2 rings (SSSR count). The van der Waals surface area contributed by atoms with E-state index in [1.54, 1.807) is 0 Å². The van der Waals surface area contributed by atoms with Gasteiger partial charge in [-0.25, -0.2) is 0 Å². The third-order valence-electron chi connectivity index (χ3n) is 3.06. The quantitative estimate of drug-likeness (QED) is 0.508. The Hall–Kier alpha value is -0.340. The smallest absolute Gasteiger partial charge is 0.0207 e. The monoisotopic (exact) mass is 180 g/mol. The molecule has 2 heteroatoms. The molecule has 1 saturated heterocycles. The summed E-state index contributed by atoms with van der Waals surface area (Å²) in [5, 5.41) is 3.58. The summed E-state index contributed by atoms with van der Waals surface area (Å²) in [6, 6.07) is 1.70. The van der Waals surface area contributed by atoms with E-state index in [2.05, 4.69) is 16.8 Å². The fraction of sp³-hybridized carbons (Fsp3) is 0.818. The Labute approximate surface area is 81.0 Å². The second kappa shape index (κ2) is 4.25. The van der Waals surface area contributed by atoms with Crippen molar-refractivity contribution in [3.8, 4) is 0 Å². The summed E-state index contributed by atoms with van der Waals surface area (Å²) in [5.41, 5.74) is 0. The molecular weight excluding hydrogens is 160 g/mol. The predicted molar refractivity (Wildman–Crippen MR) is 55.8 cm³/mol. The number of nitrogens with zero attached hydrogens (tertiary/aromatic N) is 1. The molecule has 74 valence electrons. The second-order valence-corrected chi connectivity index (χ2v) is 4.24. The van der Waals surface area contributed by atoms with Gasteiger partial charge < -0.3 is 5.32 Å². The molecule has 1 atom stereocenters. The molecule has 0 aromatic heterocycles. The number of likely N-dealkylation sites (tertiary alicyclic amines) is 1. The highest BCUT2D eigenvalue weighted by molar-refractivity contribution is 4.91. The van der Waals surface area contributed by atoms with E-state index < -0.39 is 0 Å². The lowest BCUT2D eigenvalue weighted by Crippen LogP contribution is -2.33. The molecule has 1 N–H and O–H groups in total. The van der Waals surface area contributed by atoms with Gasteiger partial charge in [-0.2, -0.15) is 0 Å². The van der Waals surface area contributed by atoms with Crippen LogP contribution in [0.4, 0.5) is 0 Å². The van der Waals surface area contributed by atoms with Crippen LogP contribution in [0, 0.1) is 0 Å². The molecule has 2 aliphatic rings. The Balaban J connectivity index is 1.62. The molecule has 2 nitrogen and oxygen atoms in total. The Bertz CT molecular complexity index is 175. The van der Waals surface area contributed by atoms with E-state index in [9.17, 15) is 0 Å². The largest absolute Gasteiger partial charge is 0.312 e. The first-order chi connectivity index (χ1) is 6.40. The summed E-state index contributed by atoms with van der Waals surface area (Å²) in [5.74, 6) is 0. The highest BCUT2D eigenvalue weighted by Gasteiger charge is 2.33. The predicted octanol–water partition coefficient (Wildman–Crippen LogP) is 1.39. The molecule has 13 heavy (non-hydrogen) atoms. The topological polar surface area (TPSA) is 15.3 Å². The van der Waals surface area contributed by atoms with E-state index in [0.717, 1.165) is 25.0 Å². The van der Waals surface area contributed by atoms with Gasteiger partial charge in [-0.3, -0.25) is 4.90 Å². The van der Waals surface area contributed by atoms with Crippen molar-refractivity contribution in [3.05, 3.63) is 12.7 Å². The van der Waals surface area contributed by atoms with E-state index in [1.807, 2.05) is 6.08 Å². The maximum Gasteiger partial charge on any atom is 0.0207 e. The van der Waals surface area contributed by atoms with Crippen molar-refractivity contribution in [2.75, 3.05) is 19.6 Å². The lowest BCUT2D eigenvalue weighted by atomic mass is 10.2. The van der Waals surface area contributed by atoms with E-state index in [-0.39, 0.29) is 0 Å². The highest BCUT2D eigenvalue weighted by Crippen LogP contribution is 2.29. The first-order valence-corrected chi connectivity index (χ1v) is 5.48. The Morgan fingerprint density at radius 2 is 2.23 bits per heavy atom. The maximum absolute atomic E-state index is 3.73. The summed E-state index contributed by atoms with van der Waals surface area (Å²) in [4.78, 5) is 2.64. The van der Waals surface area contributed by atoms with Gasteiger partial charge in [0.05, 0.1) is 0 Å². The van der Waals surface area contributed by atoms with Crippen LogP contribution in [0.2, 0.25) is 0 Å². The number of nitrogens with one attached hydrogen (secondary N) is 1. The minimum Gasteiger partial charge on any atom is -0.312 e. The molecular formula is C11H20N2. The molecule has 0 spiro atoms. The van der Waals surface area contributed by atoms with E-state index in [4.69, 9.17) is 0 Å². The molecule has 0 bridgehead atoms. The molecule has 1 aliphatic heterocycles. The summed E-state index contributed by atoms with van der Waals surface area (Å²) >= 11 is 0. The fourth-order valence-electron chi connectivity index (χ4n) is 2.11. The van der Waals surface area contributed by atoms with Crippen molar-refractivity contribution >= 4 is 0 Å². The maximum atomic E-state index is 3.73. The van der Waals surface area contributed by atoms with Crippen molar-refractivity contribution in [1.29, 1.82) is 0 Å². The van der Waals surface area contributed by atoms with E-state index in [1.165, 1.54) is 32.4 Å². The van der Waals surface area contributed by atoms with Gasteiger partial charge in [-0.05, 0) is 32.2 Å². The SMILES string of the molecule is C=CCCNC1CCN(C2CC2)C1. The lowest BCUT2D eigenvalue weighted by Gasteiger charge is -2.15. The molecule has 1 aliphatic carbocycles. The van der Waals surface area contributed by atoms with Crippen LogP contribution >= 0.6 is 0 Å². The first-order valence-electron chi connectivity index (χ1n) is 5.48. The second-order valence-electron chi connectivity index (χ2n) is 4.24. The molecule has 0 aromatic rings. The zero-order valence-electron chi connectivity index (χ0n) is 8.34. The van der Waals surface area contributed by atoms with Crippen LogP contribution in [0.3, 0.4) is 0 Å². The van der Waals surface area contributed by atoms with E-state index in [0.29, 0.717) is 0 Å². The Morgan fingerprint density at radius 1 is 1.38 bits per heavy atom. The Kier molecular flexibility index (Phi) is 3.01. The first kappa shape index (κ1) is 9.22. The third kappa shape index (κ3) is 2.55. The summed E-state index contributed by atoms with van der Waals surface area (Å²) in [7, 11) is 0. The van der Waals surface area contributed by atoms with Gasteiger partial charge in [0.2, 0.25) is 0 Å². The number of hydrogen-bond donors (Lipinski definition) is 1. The zero-order chi connectivity index (χ0) is 9.10. The van der Waals surface area contributed by atoms with E-state index >= 15 is 0 Å². The van der Waals surface area contributed by atoms with Gasteiger partial charge in [0.15, 0.2) is 0 Å². The highest BCUT2D eigenvalue weighted by atomic mass is 15.2. The molecule has 1 saturated carbocycles. The van der Waals surface area contributed by atoms with Gasteiger partial charge in [0, 0.05) is 25.2 Å². The van der Waals surface area contributed by atoms with Gasteiger partial charge in [-0.15, -0.1) is 6.58 Å². The molecule has 0 amide bonds. The van der Waals surface area contributed by atoms with Crippen LogP contribution in [0.25, 0.3) is 0 Å². The number of rotatable bonds is 5. The van der Waals surface area contributed by atoms with Crippen LogP contribution in [-0.4, -0.2) is 36.6 Å². The lowest BCUT2D eigenvalue weighted by molar-refractivity contribution is 0.318. The average molecular weight is 180 g/mol. The molecule has 0 aromatic carbocycles. The van der Waals surface area contributed by atoms with Gasteiger partial charge in [-0.1, -0.05) is 6.08 Å². The summed E-state index contributed by atoms with van der Waals surface area (Å²) < 4.78 is 0. The minimum atomic E-state index is 0.751. The molecule has 1 unspecified atom stereocenters. The van der Waals surface area contributed by atoms with Crippen molar-refractivity contribution in [2.24, 2.45) is 0 Å². The van der Waals surface area contributed by atoms with Gasteiger partial charge in [0.25, 0.3) is 0 Å². The molecule has 0 radical (unpaired) electrons. The van der Waals surface area contributed by atoms with Crippen molar-refractivity contribution in [1.82, 2.24) is 10.2 Å². The Morgan fingerprint density at radius 3 is 2.92 bits per heavy atom. The summed E-state index contributed by atoms with van der Waals surface area (Å²) in [6.07, 6.45) is 7.31. The zero-order valence-corrected chi connectivity index (χ0v) is 8.34. The minimum absolute atomic E-state index is 0.751. The number of hydrogen-bond acceptors (Lipinski definition) is 2.